The van der Waals surface area contributed by atoms with Gasteiger partial charge in [-0.1, -0.05) is 90.4 Å². The van der Waals surface area contributed by atoms with Crippen molar-refractivity contribution in [1.82, 2.24) is 0 Å². The highest BCUT2D eigenvalue weighted by atomic mass is 16.5. The number of hydrogen-bond donors (Lipinski definition) is 1. The zero-order valence-corrected chi connectivity index (χ0v) is 19.6. The van der Waals surface area contributed by atoms with E-state index in [2.05, 4.69) is 6.92 Å². The fourth-order valence-electron chi connectivity index (χ4n) is 3.53. The van der Waals surface area contributed by atoms with E-state index >= 15 is 0 Å². The zero-order valence-electron chi connectivity index (χ0n) is 19.6. The third-order valence-electron chi connectivity index (χ3n) is 5.45. The lowest BCUT2D eigenvalue weighted by Crippen LogP contribution is -2.23. The Morgan fingerprint density at radius 1 is 0.667 bits per heavy atom. The average Bonchev–Trinajstić information content (AvgIpc) is 2.77. The van der Waals surface area contributed by atoms with Gasteiger partial charge in [-0.2, -0.15) is 0 Å². The molecule has 1 aromatic carbocycles. The number of unbranched alkanes of at least 4 members (excludes halogenated alkanes) is 13. The highest BCUT2D eigenvalue weighted by Crippen LogP contribution is 2.17. The second-order valence-corrected chi connectivity index (χ2v) is 8.31. The lowest BCUT2D eigenvalue weighted by molar-refractivity contribution is 0.0109. The number of benzene rings is 1. The van der Waals surface area contributed by atoms with Crippen molar-refractivity contribution in [2.45, 2.75) is 103 Å². The third kappa shape index (κ3) is 15.6. The van der Waals surface area contributed by atoms with Crippen LogP contribution in [0, 0.1) is 0 Å². The summed E-state index contributed by atoms with van der Waals surface area (Å²) in [5.74, 6) is 1.52. The molecular weight excluding hydrogens is 376 g/mol. The summed E-state index contributed by atoms with van der Waals surface area (Å²) >= 11 is 0. The van der Waals surface area contributed by atoms with Crippen LogP contribution in [-0.4, -0.2) is 38.1 Å². The summed E-state index contributed by atoms with van der Waals surface area (Å²) < 4.78 is 16.2. The van der Waals surface area contributed by atoms with Gasteiger partial charge in [-0.3, -0.25) is 0 Å². The third-order valence-corrected chi connectivity index (χ3v) is 5.45. The van der Waals surface area contributed by atoms with E-state index < -0.39 is 6.10 Å². The fraction of sp³-hybridized carbons (Fsp3) is 0.769. The van der Waals surface area contributed by atoms with Gasteiger partial charge >= 0.3 is 0 Å². The van der Waals surface area contributed by atoms with Crippen molar-refractivity contribution in [3.05, 3.63) is 24.3 Å². The topological polar surface area (TPSA) is 47.9 Å². The predicted molar refractivity (Wildman–Crippen MR) is 126 cm³/mol. The van der Waals surface area contributed by atoms with Crippen LogP contribution in [0.5, 0.6) is 11.5 Å². The van der Waals surface area contributed by atoms with Crippen LogP contribution in [0.2, 0.25) is 0 Å². The number of rotatable bonds is 21. The molecule has 1 aromatic rings. The molecule has 0 heterocycles. The Kier molecular flexibility index (Phi) is 17.6. The van der Waals surface area contributed by atoms with Crippen LogP contribution < -0.4 is 9.47 Å². The first-order valence-corrected chi connectivity index (χ1v) is 12.3. The zero-order chi connectivity index (χ0) is 21.7. The maximum absolute atomic E-state index is 9.95. The molecule has 0 saturated heterocycles. The molecule has 174 valence electrons. The Bertz CT molecular complexity index is 474. The van der Waals surface area contributed by atoms with Gasteiger partial charge in [0.2, 0.25) is 0 Å². The molecule has 1 rings (SSSR count). The van der Waals surface area contributed by atoms with Crippen molar-refractivity contribution in [1.29, 1.82) is 0 Å². The molecule has 0 aliphatic rings. The van der Waals surface area contributed by atoms with Gasteiger partial charge in [0.05, 0.1) is 13.7 Å². The monoisotopic (exact) mass is 422 g/mol. The van der Waals surface area contributed by atoms with Crippen molar-refractivity contribution in [2.75, 3.05) is 26.9 Å². The van der Waals surface area contributed by atoms with Gasteiger partial charge in [0.1, 0.15) is 24.2 Å². The molecule has 0 bridgehead atoms. The number of hydrogen-bond acceptors (Lipinski definition) is 4. The highest BCUT2D eigenvalue weighted by Gasteiger charge is 2.06. The number of aliphatic hydroxyl groups excluding tert-OH is 1. The largest absolute Gasteiger partial charge is 0.497 e. The van der Waals surface area contributed by atoms with E-state index in [0.717, 1.165) is 24.5 Å². The van der Waals surface area contributed by atoms with Crippen molar-refractivity contribution < 1.29 is 19.3 Å². The van der Waals surface area contributed by atoms with Gasteiger partial charge < -0.3 is 19.3 Å². The molecule has 0 spiro atoms. The number of methoxy groups -OCH3 is 1. The summed E-state index contributed by atoms with van der Waals surface area (Å²) in [4.78, 5) is 0. The van der Waals surface area contributed by atoms with Crippen LogP contribution in [0.15, 0.2) is 24.3 Å². The molecule has 1 N–H and O–H groups in total. The second kappa shape index (κ2) is 19.7. The first-order valence-electron chi connectivity index (χ1n) is 12.3. The Morgan fingerprint density at radius 3 is 1.63 bits per heavy atom. The maximum atomic E-state index is 9.95. The minimum Gasteiger partial charge on any atom is -0.497 e. The highest BCUT2D eigenvalue weighted by molar-refractivity contribution is 5.31. The van der Waals surface area contributed by atoms with Crippen molar-refractivity contribution >= 4 is 0 Å². The first-order chi connectivity index (χ1) is 14.8. The summed E-state index contributed by atoms with van der Waals surface area (Å²) in [5.41, 5.74) is 0. The van der Waals surface area contributed by atoms with Crippen LogP contribution >= 0.6 is 0 Å². The number of aliphatic hydroxyl groups is 1. The van der Waals surface area contributed by atoms with Crippen LogP contribution in [0.3, 0.4) is 0 Å². The van der Waals surface area contributed by atoms with E-state index in [1.165, 1.54) is 83.5 Å². The molecule has 0 amide bonds. The average molecular weight is 423 g/mol. The molecule has 0 unspecified atom stereocenters. The standard InChI is InChI=1S/C26H46O4/c1-3-4-5-6-7-8-9-10-11-12-13-14-15-16-21-29-22-24(27)23-30-26-19-17-25(28-2)18-20-26/h17-20,24,27H,3-16,21-23H2,1-2H3/t24-/m0/s1. The van der Waals surface area contributed by atoms with Crippen molar-refractivity contribution in [2.24, 2.45) is 0 Å². The molecule has 0 aliphatic heterocycles. The normalized spacial score (nSPS) is 12.1. The maximum Gasteiger partial charge on any atom is 0.119 e. The van der Waals surface area contributed by atoms with Crippen LogP contribution in [-0.2, 0) is 4.74 Å². The van der Waals surface area contributed by atoms with E-state index in [9.17, 15) is 5.11 Å². The van der Waals surface area contributed by atoms with E-state index in [0.29, 0.717) is 6.61 Å². The SMILES string of the molecule is CCCCCCCCCCCCCCCCOC[C@H](O)COc1ccc(OC)cc1. The van der Waals surface area contributed by atoms with Crippen molar-refractivity contribution in [3.63, 3.8) is 0 Å². The molecule has 0 radical (unpaired) electrons. The molecule has 0 aliphatic carbocycles. The quantitative estimate of drug-likeness (QED) is 0.218. The molecular formula is C26H46O4. The molecule has 1 atom stereocenters. The second-order valence-electron chi connectivity index (χ2n) is 8.31. The molecule has 4 nitrogen and oxygen atoms in total. The molecule has 0 fully saturated rings. The van der Waals surface area contributed by atoms with Gasteiger partial charge in [-0.25, -0.2) is 0 Å². The Hall–Kier alpha value is -1.26. The van der Waals surface area contributed by atoms with E-state index in [4.69, 9.17) is 14.2 Å². The Balaban J connectivity index is 1.80. The Morgan fingerprint density at radius 2 is 1.13 bits per heavy atom. The van der Waals surface area contributed by atoms with Gasteiger partial charge in [0.15, 0.2) is 0 Å². The van der Waals surface area contributed by atoms with Gasteiger partial charge in [-0.05, 0) is 30.7 Å². The smallest absolute Gasteiger partial charge is 0.119 e. The van der Waals surface area contributed by atoms with Crippen LogP contribution in [0.25, 0.3) is 0 Å². The molecule has 30 heavy (non-hydrogen) atoms. The van der Waals surface area contributed by atoms with Gasteiger partial charge in [0, 0.05) is 6.61 Å². The predicted octanol–water partition coefficient (Wildman–Crippen LogP) is 6.93. The van der Waals surface area contributed by atoms with Gasteiger partial charge in [-0.15, -0.1) is 0 Å². The first kappa shape index (κ1) is 26.8. The van der Waals surface area contributed by atoms with E-state index in [1.807, 2.05) is 24.3 Å². The summed E-state index contributed by atoms with van der Waals surface area (Å²) in [6, 6.07) is 7.35. The molecule has 4 heteroatoms. The lowest BCUT2D eigenvalue weighted by atomic mass is 10.0. The minimum absolute atomic E-state index is 0.241. The lowest BCUT2D eigenvalue weighted by Gasteiger charge is -2.13. The van der Waals surface area contributed by atoms with Crippen molar-refractivity contribution in [3.8, 4) is 11.5 Å². The summed E-state index contributed by atoms with van der Waals surface area (Å²) in [7, 11) is 1.63. The van der Waals surface area contributed by atoms with Crippen LogP contribution in [0.1, 0.15) is 96.8 Å². The fourth-order valence-corrected chi connectivity index (χ4v) is 3.53. The molecule has 0 saturated carbocycles. The van der Waals surface area contributed by atoms with Gasteiger partial charge in [0.25, 0.3) is 0 Å². The Labute approximate surface area is 185 Å². The molecule has 0 aromatic heterocycles. The summed E-state index contributed by atoms with van der Waals surface area (Å²) in [6.07, 6.45) is 18.4. The summed E-state index contributed by atoms with van der Waals surface area (Å²) in [5, 5.41) is 9.95. The number of ether oxygens (including phenoxy) is 3. The van der Waals surface area contributed by atoms with E-state index in [1.54, 1.807) is 7.11 Å². The van der Waals surface area contributed by atoms with E-state index in [-0.39, 0.29) is 6.61 Å². The minimum atomic E-state index is -0.598. The summed E-state index contributed by atoms with van der Waals surface area (Å²) in [6.45, 7) is 3.57. The van der Waals surface area contributed by atoms with Crippen LogP contribution in [0.4, 0.5) is 0 Å².